The molecule has 7 heteroatoms. The van der Waals surface area contributed by atoms with Gasteiger partial charge in [0.1, 0.15) is 11.9 Å². The van der Waals surface area contributed by atoms with E-state index in [1.54, 1.807) is 37.0 Å². The van der Waals surface area contributed by atoms with Crippen molar-refractivity contribution >= 4 is 29.3 Å². The largest absolute Gasteiger partial charge is 0.332 e. The van der Waals surface area contributed by atoms with Gasteiger partial charge < -0.3 is 9.80 Å². The number of benzene rings is 1. The number of amides is 2. The number of rotatable bonds is 3. The van der Waals surface area contributed by atoms with Gasteiger partial charge in [-0.05, 0) is 18.6 Å². The van der Waals surface area contributed by atoms with Gasteiger partial charge in [-0.15, -0.1) is 11.8 Å². The number of likely N-dealkylation sites (N-methyl/N-ethyl adjacent to an activating group) is 1. The minimum atomic E-state index is -0.514. The SMILES string of the molecule is CN(C(=O)[C@H]1CSCN1)[C@@H]1CCN(c2ccccc2F)C1=O. The molecule has 2 fully saturated rings. The van der Waals surface area contributed by atoms with Gasteiger partial charge in [0.05, 0.1) is 11.7 Å². The Bertz CT molecular complexity index is 592. The number of nitrogens with zero attached hydrogens (tertiary/aromatic N) is 2. The maximum Gasteiger partial charge on any atom is 0.249 e. The quantitative estimate of drug-likeness (QED) is 0.903. The van der Waals surface area contributed by atoms with Gasteiger partial charge in [-0.2, -0.15) is 0 Å². The van der Waals surface area contributed by atoms with E-state index in [0.717, 1.165) is 11.6 Å². The van der Waals surface area contributed by atoms with Gasteiger partial charge in [0, 0.05) is 25.2 Å². The van der Waals surface area contributed by atoms with Gasteiger partial charge in [-0.25, -0.2) is 4.39 Å². The molecular weight excluding hydrogens is 305 g/mol. The lowest BCUT2D eigenvalue weighted by Gasteiger charge is -2.26. The number of hydrogen-bond donors (Lipinski definition) is 1. The number of para-hydroxylation sites is 1. The fourth-order valence-corrected chi connectivity index (χ4v) is 3.82. The number of nitrogens with one attached hydrogen (secondary N) is 1. The molecule has 0 aromatic heterocycles. The third-order valence-electron chi connectivity index (χ3n) is 4.15. The molecule has 1 aromatic rings. The summed E-state index contributed by atoms with van der Waals surface area (Å²) in [5.41, 5.74) is 0.283. The highest BCUT2D eigenvalue weighted by molar-refractivity contribution is 7.99. The van der Waals surface area contributed by atoms with Gasteiger partial charge in [-0.3, -0.25) is 14.9 Å². The monoisotopic (exact) mass is 323 g/mol. The van der Waals surface area contributed by atoms with Crippen molar-refractivity contribution in [2.45, 2.75) is 18.5 Å². The summed E-state index contributed by atoms with van der Waals surface area (Å²) in [4.78, 5) is 27.9. The van der Waals surface area contributed by atoms with Crippen molar-refractivity contribution in [3.63, 3.8) is 0 Å². The van der Waals surface area contributed by atoms with E-state index >= 15 is 0 Å². The van der Waals surface area contributed by atoms with Crippen LogP contribution in [0.2, 0.25) is 0 Å². The maximum absolute atomic E-state index is 13.9. The van der Waals surface area contributed by atoms with E-state index in [4.69, 9.17) is 0 Å². The fourth-order valence-electron chi connectivity index (χ4n) is 2.89. The van der Waals surface area contributed by atoms with E-state index in [1.165, 1.54) is 15.9 Å². The van der Waals surface area contributed by atoms with E-state index in [9.17, 15) is 14.0 Å². The van der Waals surface area contributed by atoms with E-state index in [1.807, 2.05) is 0 Å². The Morgan fingerprint density at radius 3 is 2.91 bits per heavy atom. The van der Waals surface area contributed by atoms with Gasteiger partial charge in [0.15, 0.2) is 0 Å². The number of anilines is 1. The van der Waals surface area contributed by atoms with Crippen LogP contribution in [0.3, 0.4) is 0 Å². The molecule has 0 radical (unpaired) electrons. The summed E-state index contributed by atoms with van der Waals surface area (Å²) in [5.74, 6) is 0.773. The molecule has 0 spiro atoms. The maximum atomic E-state index is 13.9. The predicted octanol–water partition coefficient (Wildman–Crippen LogP) is 1.05. The van der Waals surface area contributed by atoms with Crippen LogP contribution in [-0.2, 0) is 9.59 Å². The third-order valence-corrected chi connectivity index (χ3v) is 5.09. The molecule has 0 aliphatic carbocycles. The van der Waals surface area contributed by atoms with Crippen LogP contribution in [0, 0.1) is 5.82 Å². The zero-order valence-electron chi connectivity index (χ0n) is 12.3. The van der Waals surface area contributed by atoms with Crippen molar-refractivity contribution in [2.24, 2.45) is 0 Å². The van der Waals surface area contributed by atoms with Crippen molar-refractivity contribution in [1.29, 1.82) is 0 Å². The molecule has 5 nitrogen and oxygen atoms in total. The van der Waals surface area contributed by atoms with E-state index in [2.05, 4.69) is 5.32 Å². The topological polar surface area (TPSA) is 52.7 Å². The van der Waals surface area contributed by atoms with Crippen LogP contribution in [0.25, 0.3) is 0 Å². The highest BCUT2D eigenvalue weighted by atomic mass is 32.2. The minimum Gasteiger partial charge on any atom is -0.332 e. The van der Waals surface area contributed by atoms with E-state index in [0.29, 0.717) is 13.0 Å². The molecule has 118 valence electrons. The standard InChI is InChI=1S/C15H18FN3O2S/c1-18(14(20)11-8-22-9-17-11)13-6-7-19(15(13)21)12-5-3-2-4-10(12)16/h2-5,11,13,17H,6-9H2,1H3/t11-,13-/m1/s1. The van der Waals surface area contributed by atoms with Gasteiger partial charge >= 0.3 is 0 Å². The first-order chi connectivity index (χ1) is 10.6. The summed E-state index contributed by atoms with van der Waals surface area (Å²) in [7, 11) is 1.65. The van der Waals surface area contributed by atoms with Crippen molar-refractivity contribution < 1.29 is 14.0 Å². The molecule has 2 heterocycles. The summed E-state index contributed by atoms with van der Waals surface area (Å²) < 4.78 is 13.9. The fraction of sp³-hybridized carbons (Fsp3) is 0.467. The first-order valence-electron chi connectivity index (χ1n) is 7.23. The molecule has 0 unspecified atom stereocenters. The molecule has 1 aromatic carbocycles. The number of hydrogen-bond acceptors (Lipinski definition) is 4. The highest BCUT2D eigenvalue weighted by Gasteiger charge is 2.39. The Hall–Kier alpha value is -1.60. The highest BCUT2D eigenvalue weighted by Crippen LogP contribution is 2.26. The molecule has 1 N–H and O–H groups in total. The Morgan fingerprint density at radius 2 is 2.23 bits per heavy atom. The van der Waals surface area contributed by atoms with Gasteiger partial charge in [-0.1, -0.05) is 12.1 Å². The Kier molecular flexibility index (Phi) is 4.35. The third kappa shape index (κ3) is 2.70. The predicted molar refractivity (Wildman–Crippen MR) is 84.2 cm³/mol. The van der Waals surface area contributed by atoms with Crippen LogP contribution < -0.4 is 10.2 Å². The lowest BCUT2D eigenvalue weighted by atomic mass is 10.2. The van der Waals surface area contributed by atoms with Crippen LogP contribution in [-0.4, -0.2) is 54.0 Å². The number of carbonyl (C=O) groups is 2. The second-order valence-corrected chi connectivity index (χ2v) is 6.50. The molecule has 2 saturated heterocycles. The average Bonchev–Trinajstić information content (AvgIpc) is 3.16. The van der Waals surface area contributed by atoms with E-state index in [-0.39, 0.29) is 23.5 Å². The molecule has 2 amide bonds. The van der Waals surface area contributed by atoms with Crippen LogP contribution in [0.15, 0.2) is 24.3 Å². The number of thioether (sulfide) groups is 1. The molecule has 2 atom stereocenters. The molecule has 2 aliphatic rings. The minimum absolute atomic E-state index is 0.0706. The molecule has 0 bridgehead atoms. The zero-order chi connectivity index (χ0) is 15.7. The van der Waals surface area contributed by atoms with Gasteiger partial charge in [0.25, 0.3) is 0 Å². The summed E-state index contributed by atoms with van der Waals surface area (Å²) in [6.45, 7) is 0.425. The first-order valence-corrected chi connectivity index (χ1v) is 8.39. The Morgan fingerprint density at radius 1 is 1.45 bits per heavy atom. The van der Waals surface area contributed by atoms with Crippen LogP contribution >= 0.6 is 11.8 Å². The summed E-state index contributed by atoms with van der Waals surface area (Å²) in [5, 5.41) is 3.11. The van der Waals surface area contributed by atoms with E-state index < -0.39 is 11.9 Å². The van der Waals surface area contributed by atoms with Crippen molar-refractivity contribution in [1.82, 2.24) is 10.2 Å². The molecular formula is C15H18FN3O2S. The Balaban J connectivity index is 1.73. The summed E-state index contributed by atoms with van der Waals surface area (Å²) >= 11 is 1.67. The smallest absolute Gasteiger partial charge is 0.249 e. The lowest BCUT2D eigenvalue weighted by Crippen LogP contribution is -2.50. The van der Waals surface area contributed by atoms with Crippen molar-refractivity contribution in [2.75, 3.05) is 30.1 Å². The van der Waals surface area contributed by atoms with Crippen molar-refractivity contribution in [3.05, 3.63) is 30.1 Å². The molecule has 0 saturated carbocycles. The summed E-state index contributed by atoms with van der Waals surface area (Å²) in [6.07, 6.45) is 0.523. The molecule has 2 aliphatic heterocycles. The second-order valence-electron chi connectivity index (χ2n) is 5.47. The lowest BCUT2D eigenvalue weighted by molar-refractivity contribution is -0.137. The normalized spacial score (nSPS) is 24.8. The van der Waals surface area contributed by atoms with Gasteiger partial charge in [0.2, 0.25) is 11.8 Å². The summed E-state index contributed by atoms with van der Waals surface area (Å²) in [6, 6.07) is 5.48. The first kappa shape index (κ1) is 15.3. The van der Waals surface area contributed by atoms with Crippen LogP contribution in [0.1, 0.15) is 6.42 Å². The molecule has 3 rings (SSSR count). The second kappa shape index (κ2) is 6.26. The van der Waals surface area contributed by atoms with Crippen LogP contribution in [0.4, 0.5) is 10.1 Å². The average molecular weight is 323 g/mol. The molecule has 22 heavy (non-hydrogen) atoms. The zero-order valence-corrected chi connectivity index (χ0v) is 13.1. The number of halogens is 1. The van der Waals surface area contributed by atoms with Crippen molar-refractivity contribution in [3.8, 4) is 0 Å². The van der Waals surface area contributed by atoms with Crippen LogP contribution in [0.5, 0.6) is 0 Å². The number of carbonyl (C=O) groups excluding carboxylic acids is 2. The Labute approximate surface area is 132 Å².